The number of carbonyl (C=O) groups excluding carboxylic acids is 1. The third-order valence-corrected chi connectivity index (χ3v) is 4.52. The molecule has 6 heteroatoms. The van der Waals surface area contributed by atoms with E-state index in [4.69, 9.17) is 11.6 Å². The summed E-state index contributed by atoms with van der Waals surface area (Å²) in [5.41, 5.74) is 10.2. The lowest BCUT2D eigenvalue weighted by Crippen LogP contribution is -2.29. The molecule has 4 nitrogen and oxygen atoms in total. The second-order valence-corrected chi connectivity index (χ2v) is 6.04. The molecule has 104 valence electrons. The van der Waals surface area contributed by atoms with Crippen LogP contribution in [0.15, 0.2) is 51.8 Å². The van der Waals surface area contributed by atoms with E-state index in [1.54, 1.807) is 23.9 Å². The normalized spacial score (nSPS) is 10.3. The Hall–Kier alpha value is -1.50. The summed E-state index contributed by atoms with van der Waals surface area (Å²) in [5.74, 6) is 5.61. The molecule has 2 aromatic carbocycles. The monoisotopic (exact) mass is 351 g/mol. The first kappa shape index (κ1) is 14.9. The summed E-state index contributed by atoms with van der Waals surface area (Å²) in [4.78, 5) is 12.6. The SMILES string of the molecule is NNC(=O)c1ccc(CSc2ccc(N)cc2)c(Br)c1. The average molecular weight is 352 g/mol. The molecule has 20 heavy (non-hydrogen) atoms. The zero-order valence-corrected chi connectivity index (χ0v) is 13.0. The van der Waals surface area contributed by atoms with E-state index in [0.717, 1.165) is 26.4 Å². The maximum absolute atomic E-state index is 11.4. The lowest BCUT2D eigenvalue weighted by Gasteiger charge is -2.07. The highest BCUT2D eigenvalue weighted by atomic mass is 79.9. The smallest absolute Gasteiger partial charge is 0.265 e. The van der Waals surface area contributed by atoms with E-state index < -0.39 is 0 Å². The number of benzene rings is 2. The quantitative estimate of drug-likeness (QED) is 0.260. The van der Waals surface area contributed by atoms with Gasteiger partial charge in [-0.25, -0.2) is 5.84 Å². The largest absolute Gasteiger partial charge is 0.399 e. The van der Waals surface area contributed by atoms with Crippen LogP contribution in [0.3, 0.4) is 0 Å². The van der Waals surface area contributed by atoms with Crippen molar-refractivity contribution in [2.45, 2.75) is 10.6 Å². The minimum Gasteiger partial charge on any atom is -0.399 e. The van der Waals surface area contributed by atoms with Gasteiger partial charge in [-0.2, -0.15) is 0 Å². The predicted octanol–water partition coefficient (Wildman–Crippen LogP) is 2.93. The van der Waals surface area contributed by atoms with Gasteiger partial charge in [-0.1, -0.05) is 22.0 Å². The Kier molecular flexibility index (Phi) is 5.05. The molecule has 0 unspecified atom stereocenters. The fraction of sp³-hybridized carbons (Fsp3) is 0.0714. The molecule has 2 aromatic rings. The van der Waals surface area contributed by atoms with Gasteiger partial charge in [0.1, 0.15) is 0 Å². The predicted molar refractivity (Wildman–Crippen MR) is 86.2 cm³/mol. The molecule has 0 saturated carbocycles. The number of thioether (sulfide) groups is 1. The van der Waals surface area contributed by atoms with Gasteiger partial charge in [-0.15, -0.1) is 11.8 Å². The molecule has 0 aromatic heterocycles. The van der Waals surface area contributed by atoms with Crippen LogP contribution in [-0.4, -0.2) is 5.91 Å². The van der Waals surface area contributed by atoms with Crippen LogP contribution in [0.2, 0.25) is 0 Å². The first-order valence-corrected chi connectivity index (χ1v) is 7.65. The van der Waals surface area contributed by atoms with Crippen LogP contribution >= 0.6 is 27.7 Å². The first-order chi connectivity index (χ1) is 9.60. The van der Waals surface area contributed by atoms with E-state index in [0.29, 0.717) is 5.56 Å². The van der Waals surface area contributed by atoms with Crippen molar-refractivity contribution in [1.82, 2.24) is 5.43 Å². The molecule has 0 aliphatic rings. The van der Waals surface area contributed by atoms with Crippen molar-refractivity contribution in [3.8, 4) is 0 Å². The van der Waals surface area contributed by atoms with Gasteiger partial charge >= 0.3 is 0 Å². The number of nitrogens with two attached hydrogens (primary N) is 2. The van der Waals surface area contributed by atoms with E-state index in [1.165, 1.54) is 0 Å². The number of hydrazine groups is 1. The molecule has 0 spiro atoms. The van der Waals surface area contributed by atoms with Crippen molar-refractivity contribution in [3.63, 3.8) is 0 Å². The summed E-state index contributed by atoms with van der Waals surface area (Å²) in [6, 6.07) is 13.2. The fourth-order valence-electron chi connectivity index (χ4n) is 1.61. The van der Waals surface area contributed by atoms with Crippen molar-refractivity contribution in [3.05, 3.63) is 58.1 Å². The zero-order chi connectivity index (χ0) is 14.5. The van der Waals surface area contributed by atoms with Gasteiger partial charge in [0, 0.05) is 26.4 Å². The topological polar surface area (TPSA) is 81.1 Å². The molecular weight excluding hydrogens is 338 g/mol. The number of halogens is 1. The highest BCUT2D eigenvalue weighted by Gasteiger charge is 2.07. The van der Waals surface area contributed by atoms with Crippen LogP contribution in [0.5, 0.6) is 0 Å². The molecule has 5 N–H and O–H groups in total. The van der Waals surface area contributed by atoms with Crippen LogP contribution in [0.1, 0.15) is 15.9 Å². The standard InChI is InChI=1S/C14H14BrN3OS/c15-13-7-9(14(19)18-17)1-2-10(13)8-20-12-5-3-11(16)4-6-12/h1-7H,8,16-17H2,(H,18,19). The third kappa shape index (κ3) is 3.75. The Morgan fingerprint density at radius 3 is 2.50 bits per heavy atom. The number of hydrogen-bond acceptors (Lipinski definition) is 4. The Labute approximate surface area is 130 Å². The number of nitrogens with one attached hydrogen (secondary N) is 1. The van der Waals surface area contributed by atoms with Crippen LogP contribution < -0.4 is 17.0 Å². The Morgan fingerprint density at radius 1 is 1.20 bits per heavy atom. The van der Waals surface area contributed by atoms with E-state index in [1.807, 2.05) is 30.3 Å². The second-order valence-electron chi connectivity index (χ2n) is 4.14. The molecule has 0 radical (unpaired) electrons. The van der Waals surface area contributed by atoms with Crippen LogP contribution in [-0.2, 0) is 5.75 Å². The molecule has 0 atom stereocenters. The maximum atomic E-state index is 11.4. The minimum absolute atomic E-state index is 0.302. The van der Waals surface area contributed by atoms with Gasteiger partial charge in [0.05, 0.1) is 0 Å². The second kappa shape index (κ2) is 6.78. The molecule has 2 rings (SSSR count). The van der Waals surface area contributed by atoms with Crippen LogP contribution in [0.4, 0.5) is 5.69 Å². The van der Waals surface area contributed by atoms with Crippen molar-refractivity contribution in [1.29, 1.82) is 0 Å². The number of anilines is 1. The highest BCUT2D eigenvalue weighted by Crippen LogP contribution is 2.28. The molecule has 0 fully saturated rings. The van der Waals surface area contributed by atoms with E-state index in [9.17, 15) is 4.79 Å². The van der Waals surface area contributed by atoms with E-state index in [-0.39, 0.29) is 5.91 Å². The van der Waals surface area contributed by atoms with Gasteiger partial charge in [0.2, 0.25) is 0 Å². The zero-order valence-electron chi connectivity index (χ0n) is 10.6. The number of hydrogen-bond donors (Lipinski definition) is 3. The Balaban J connectivity index is 2.06. The third-order valence-electron chi connectivity index (χ3n) is 2.72. The molecule has 0 aliphatic heterocycles. The summed E-state index contributed by atoms with van der Waals surface area (Å²) in [6.07, 6.45) is 0. The number of rotatable bonds is 4. The number of nitrogen functional groups attached to an aromatic ring is 2. The van der Waals surface area contributed by atoms with Gasteiger partial charge < -0.3 is 5.73 Å². The Bertz CT molecular complexity index is 616. The lowest BCUT2D eigenvalue weighted by molar-refractivity contribution is 0.0953. The molecule has 0 aliphatic carbocycles. The van der Waals surface area contributed by atoms with Gasteiger partial charge in [-0.05, 0) is 42.0 Å². The lowest BCUT2D eigenvalue weighted by atomic mass is 10.1. The molecule has 0 bridgehead atoms. The summed E-state index contributed by atoms with van der Waals surface area (Å²) in [7, 11) is 0. The Morgan fingerprint density at radius 2 is 1.90 bits per heavy atom. The molecule has 0 saturated heterocycles. The minimum atomic E-state index is -0.302. The summed E-state index contributed by atoms with van der Waals surface area (Å²) < 4.78 is 0.890. The van der Waals surface area contributed by atoms with Crippen molar-refractivity contribution in [2.75, 3.05) is 5.73 Å². The number of carbonyl (C=O) groups is 1. The van der Waals surface area contributed by atoms with E-state index in [2.05, 4.69) is 21.4 Å². The van der Waals surface area contributed by atoms with Crippen molar-refractivity contribution in [2.24, 2.45) is 5.84 Å². The van der Waals surface area contributed by atoms with Gasteiger partial charge in [0.15, 0.2) is 0 Å². The van der Waals surface area contributed by atoms with Gasteiger partial charge in [-0.3, -0.25) is 10.2 Å². The van der Waals surface area contributed by atoms with Crippen molar-refractivity contribution >= 4 is 39.3 Å². The van der Waals surface area contributed by atoms with Crippen LogP contribution in [0.25, 0.3) is 0 Å². The summed E-state index contributed by atoms with van der Waals surface area (Å²) in [5, 5.41) is 0. The maximum Gasteiger partial charge on any atom is 0.265 e. The highest BCUT2D eigenvalue weighted by molar-refractivity contribution is 9.10. The molecule has 1 amide bonds. The van der Waals surface area contributed by atoms with Crippen LogP contribution in [0, 0.1) is 0 Å². The number of amides is 1. The first-order valence-electron chi connectivity index (χ1n) is 5.88. The summed E-state index contributed by atoms with van der Waals surface area (Å²) >= 11 is 5.18. The van der Waals surface area contributed by atoms with Crippen molar-refractivity contribution < 1.29 is 4.79 Å². The van der Waals surface area contributed by atoms with E-state index >= 15 is 0 Å². The molecular formula is C14H14BrN3OS. The van der Waals surface area contributed by atoms with Gasteiger partial charge in [0.25, 0.3) is 5.91 Å². The molecule has 0 heterocycles. The summed E-state index contributed by atoms with van der Waals surface area (Å²) in [6.45, 7) is 0. The average Bonchev–Trinajstić information content (AvgIpc) is 2.46. The fourth-order valence-corrected chi connectivity index (χ4v) is 3.22.